The maximum absolute atomic E-state index is 12.0. The minimum Gasteiger partial charge on any atom is -0.324 e. The summed E-state index contributed by atoms with van der Waals surface area (Å²) >= 11 is 0. The van der Waals surface area contributed by atoms with Gasteiger partial charge in [-0.15, -0.1) is 0 Å². The number of hydrogen-bond donors (Lipinski definition) is 2. The molecule has 2 N–H and O–H groups in total. The summed E-state index contributed by atoms with van der Waals surface area (Å²) in [5.74, 6) is 0. The Bertz CT molecular complexity index is 459. The van der Waals surface area contributed by atoms with Crippen LogP contribution in [0.15, 0.2) is 0 Å². The third-order valence-electron chi connectivity index (χ3n) is 4.11. The van der Waals surface area contributed by atoms with Crippen LogP contribution in [0.25, 0.3) is 0 Å². The summed E-state index contributed by atoms with van der Waals surface area (Å²) in [5, 5.41) is 0. The zero-order valence-corrected chi connectivity index (χ0v) is 22.0. The Morgan fingerprint density at radius 1 is 0.630 bits per heavy atom. The molecule has 0 radical (unpaired) electrons. The number of rotatable bonds is 16. The van der Waals surface area contributed by atoms with Crippen LogP contribution in [0, 0.1) is 0 Å². The Labute approximate surface area is 168 Å². The van der Waals surface area contributed by atoms with Crippen molar-refractivity contribution in [1.82, 2.24) is 0 Å². The standard InChI is InChI=1S/C17H42O6P2Si2/c1-26(2,3)16-10-12-22-24(18,19)14-8-7-9-15-25(20,21)23-13-11-17-27(4,5)6/h7-17H2,1-6H3,(H,18,19)(H,20,21). The second-order valence-electron chi connectivity index (χ2n) is 9.78. The lowest BCUT2D eigenvalue weighted by atomic mass is 10.3. The van der Waals surface area contributed by atoms with Gasteiger partial charge in [0.2, 0.25) is 0 Å². The average Bonchev–Trinajstić information content (AvgIpc) is 2.46. The second kappa shape index (κ2) is 12.4. The van der Waals surface area contributed by atoms with Gasteiger partial charge in [0.25, 0.3) is 0 Å². The van der Waals surface area contributed by atoms with E-state index < -0.39 is 31.3 Å². The first-order chi connectivity index (χ1) is 12.1. The van der Waals surface area contributed by atoms with Crippen LogP contribution in [0.1, 0.15) is 32.1 Å². The normalized spacial score (nSPS) is 17.5. The molecule has 0 spiro atoms. The van der Waals surface area contributed by atoms with Crippen molar-refractivity contribution in [3.8, 4) is 0 Å². The predicted molar refractivity (Wildman–Crippen MR) is 121 cm³/mol. The monoisotopic (exact) mass is 460 g/mol. The highest BCUT2D eigenvalue weighted by molar-refractivity contribution is 7.53. The fourth-order valence-corrected chi connectivity index (χ4v) is 7.29. The van der Waals surface area contributed by atoms with E-state index >= 15 is 0 Å². The lowest BCUT2D eigenvalue weighted by molar-refractivity contribution is 0.258. The summed E-state index contributed by atoms with van der Waals surface area (Å²) in [6, 6.07) is 2.16. The zero-order valence-electron chi connectivity index (χ0n) is 18.2. The highest BCUT2D eigenvalue weighted by atomic mass is 31.2. The van der Waals surface area contributed by atoms with E-state index in [2.05, 4.69) is 39.3 Å². The third kappa shape index (κ3) is 19.8. The minimum absolute atomic E-state index is 0.104. The molecule has 0 aromatic carbocycles. The molecule has 0 aliphatic carbocycles. The molecule has 0 saturated carbocycles. The maximum atomic E-state index is 12.0. The summed E-state index contributed by atoms with van der Waals surface area (Å²) in [7, 11) is -9.36. The van der Waals surface area contributed by atoms with Crippen LogP contribution in [0.3, 0.4) is 0 Å². The van der Waals surface area contributed by atoms with Gasteiger partial charge in [-0.2, -0.15) is 0 Å². The van der Waals surface area contributed by atoms with E-state index in [1.165, 1.54) is 0 Å². The Morgan fingerprint density at radius 2 is 0.963 bits per heavy atom. The van der Waals surface area contributed by atoms with E-state index in [4.69, 9.17) is 9.05 Å². The second-order valence-corrected chi connectivity index (χ2v) is 25.0. The van der Waals surface area contributed by atoms with Crippen LogP contribution < -0.4 is 0 Å². The first kappa shape index (κ1) is 27.7. The van der Waals surface area contributed by atoms with Gasteiger partial charge in [0.15, 0.2) is 0 Å². The van der Waals surface area contributed by atoms with Crippen molar-refractivity contribution < 1.29 is 28.0 Å². The van der Waals surface area contributed by atoms with E-state index in [0.29, 0.717) is 32.5 Å². The van der Waals surface area contributed by atoms with Crippen LogP contribution in [0.4, 0.5) is 0 Å². The van der Waals surface area contributed by atoms with Crippen molar-refractivity contribution in [2.45, 2.75) is 83.5 Å². The molecule has 0 saturated heterocycles. The highest BCUT2D eigenvalue weighted by Gasteiger charge is 2.22. The van der Waals surface area contributed by atoms with Crippen LogP contribution in [0.2, 0.25) is 51.4 Å². The molecule has 0 aliphatic rings. The smallest absolute Gasteiger partial charge is 0.324 e. The van der Waals surface area contributed by atoms with Gasteiger partial charge in [0.05, 0.1) is 13.2 Å². The Balaban J connectivity index is 3.83. The van der Waals surface area contributed by atoms with Crippen LogP contribution in [-0.2, 0) is 18.2 Å². The molecule has 164 valence electrons. The Morgan fingerprint density at radius 3 is 1.26 bits per heavy atom. The lowest BCUT2D eigenvalue weighted by Crippen LogP contribution is -2.19. The largest absolute Gasteiger partial charge is 0.328 e. The van der Waals surface area contributed by atoms with Crippen molar-refractivity contribution in [1.29, 1.82) is 0 Å². The van der Waals surface area contributed by atoms with Gasteiger partial charge in [0.1, 0.15) is 0 Å². The first-order valence-corrected chi connectivity index (χ1v) is 21.0. The predicted octanol–water partition coefficient (Wildman–Crippen LogP) is 6.02. The van der Waals surface area contributed by atoms with E-state index in [1.54, 1.807) is 0 Å². The third-order valence-corrected chi connectivity index (χ3v) is 10.8. The van der Waals surface area contributed by atoms with Crippen molar-refractivity contribution in [2.75, 3.05) is 25.5 Å². The molecule has 0 heterocycles. The first-order valence-electron chi connectivity index (χ1n) is 10.0. The fraction of sp³-hybridized carbons (Fsp3) is 1.00. The maximum Gasteiger partial charge on any atom is 0.328 e. The Hall–Kier alpha value is 0.734. The van der Waals surface area contributed by atoms with Crippen LogP contribution >= 0.6 is 15.2 Å². The summed E-state index contributed by atoms with van der Waals surface area (Å²) < 4.78 is 34.3. The van der Waals surface area contributed by atoms with E-state index in [1.807, 2.05) is 0 Å². The van der Waals surface area contributed by atoms with E-state index in [-0.39, 0.29) is 12.3 Å². The van der Waals surface area contributed by atoms with Crippen LogP contribution in [-0.4, -0.2) is 51.5 Å². The van der Waals surface area contributed by atoms with Crippen molar-refractivity contribution in [3.05, 3.63) is 0 Å². The molecule has 27 heavy (non-hydrogen) atoms. The van der Waals surface area contributed by atoms with Crippen molar-refractivity contribution in [3.63, 3.8) is 0 Å². The van der Waals surface area contributed by atoms with Gasteiger partial charge in [-0.05, 0) is 25.7 Å². The minimum atomic E-state index is -3.54. The molecule has 0 bridgehead atoms. The molecule has 6 nitrogen and oxygen atoms in total. The summed E-state index contributed by atoms with van der Waals surface area (Å²) in [6.45, 7) is 14.2. The topological polar surface area (TPSA) is 93.1 Å². The van der Waals surface area contributed by atoms with Gasteiger partial charge in [0, 0.05) is 28.5 Å². The molecule has 2 unspecified atom stereocenters. The molecular formula is C17H42O6P2Si2. The van der Waals surface area contributed by atoms with E-state index in [9.17, 15) is 18.9 Å². The van der Waals surface area contributed by atoms with Crippen molar-refractivity contribution in [2.24, 2.45) is 0 Å². The van der Waals surface area contributed by atoms with Crippen LogP contribution in [0.5, 0.6) is 0 Å². The molecular weight excluding hydrogens is 418 g/mol. The number of hydrogen-bond acceptors (Lipinski definition) is 4. The summed E-state index contributed by atoms with van der Waals surface area (Å²) in [4.78, 5) is 19.7. The summed E-state index contributed by atoms with van der Waals surface area (Å²) in [6.07, 6.45) is 3.49. The zero-order chi connectivity index (χ0) is 21.2. The molecule has 0 rings (SSSR count). The lowest BCUT2D eigenvalue weighted by Gasteiger charge is -2.17. The fourth-order valence-electron chi connectivity index (χ4n) is 2.55. The molecule has 0 amide bonds. The quantitative estimate of drug-likeness (QED) is 0.166. The van der Waals surface area contributed by atoms with Crippen molar-refractivity contribution >= 4 is 31.3 Å². The highest BCUT2D eigenvalue weighted by Crippen LogP contribution is 2.45. The molecule has 0 aliphatic heterocycles. The van der Waals surface area contributed by atoms with Gasteiger partial charge in [-0.3, -0.25) is 9.13 Å². The van der Waals surface area contributed by atoms with Gasteiger partial charge in [-0.1, -0.05) is 57.8 Å². The van der Waals surface area contributed by atoms with Gasteiger partial charge in [-0.25, -0.2) is 0 Å². The van der Waals surface area contributed by atoms with Gasteiger partial charge >= 0.3 is 15.2 Å². The number of unbranched alkanes of at least 4 members (excludes halogenated alkanes) is 2. The van der Waals surface area contributed by atoms with Gasteiger partial charge < -0.3 is 18.8 Å². The van der Waals surface area contributed by atoms with E-state index in [0.717, 1.165) is 24.9 Å². The Kier molecular flexibility index (Phi) is 12.8. The SMILES string of the molecule is C[Si](C)(C)CCCOP(=O)(O)CCCCCP(=O)(O)OCCC[Si](C)(C)C. The average molecular weight is 461 g/mol. The molecule has 10 heteroatoms. The molecule has 0 aromatic rings. The summed E-state index contributed by atoms with van der Waals surface area (Å²) in [5.41, 5.74) is 0. The molecule has 2 atom stereocenters. The molecule has 0 fully saturated rings. The molecule has 0 aromatic heterocycles.